The zero-order valence-electron chi connectivity index (χ0n) is 16.4. The first kappa shape index (κ1) is 18.3. The van der Waals surface area contributed by atoms with Gasteiger partial charge in [-0.05, 0) is 38.3 Å². The molecule has 1 unspecified atom stereocenters. The first-order valence-electron chi connectivity index (χ1n) is 9.31. The summed E-state index contributed by atoms with van der Waals surface area (Å²) in [5.74, 6) is 0.501. The molecule has 9 nitrogen and oxygen atoms in total. The Morgan fingerprint density at radius 1 is 1.39 bits per heavy atom. The molecule has 1 N–H and O–H groups in total. The SMILES string of the molecule is C=Nn1cc(Nc2ncc3c(C)nn(CC4CCCO4)c3n2)c(C)cc1=NC. The van der Waals surface area contributed by atoms with Gasteiger partial charge in [0, 0.05) is 26.6 Å². The van der Waals surface area contributed by atoms with Gasteiger partial charge in [-0.2, -0.15) is 15.2 Å². The molecule has 4 rings (SSSR count). The maximum Gasteiger partial charge on any atom is 0.229 e. The Balaban J connectivity index is 1.69. The number of nitrogens with zero attached hydrogens (tertiary/aromatic N) is 7. The van der Waals surface area contributed by atoms with Crippen LogP contribution in [-0.2, 0) is 11.3 Å². The highest BCUT2D eigenvalue weighted by atomic mass is 16.5. The van der Waals surface area contributed by atoms with Crippen molar-refractivity contribution in [3.05, 3.63) is 35.2 Å². The molecule has 1 aliphatic rings. The Morgan fingerprint density at radius 2 is 2.25 bits per heavy atom. The van der Waals surface area contributed by atoms with Crippen LogP contribution in [0.25, 0.3) is 11.0 Å². The summed E-state index contributed by atoms with van der Waals surface area (Å²) in [4.78, 5) is 13.4. The molecular formula is C19H24N8O. The fourth-order valence-electron chi connectivity index (χ4n) is 3.44. The van der Waals surface area contributed by atoms with Crippen molar-refractivity contribution in [2.45, 2.75) is 39.3 Å². The van der Waals surface area contributed by atoms with E-state index in [1.165, 1.54) is 0 Å². The Kier molecular flexibility index (Phi) is 4.91. The lowest BCUT2D eigenvalue weighted by Gasteiger charge is -2.12. The summed E-state index contributed by atoms with van der Waals surface area (Å²) >= 11 is 0. The third-order valence-electron chi connectivity index (χ3n) is 4.96. The number of hydrogen-bond acceptors (Lipinski definition) is 7. The lowest BCUT2D eigenvalue weighted by molar-refractivity contribution is 0.0949. The average molecular weight is 380 g/mol. The highest BCUT2D eigenvalue weighted by Crippen LogP contribution is 2.22. The highest BCUT2D eigenvalue weighted by Gasteiger charge is 2.19. The number of ether oxygens (including phenoxy) is 1. The molecule has 0 aliphatic carbocycles. The van der Waals surface area contributed by atoms with Gasteiger partial charge in [0.1, 0.15) is 5.49 Å². The number of nitrogens with one attached hydrogen (secondary N) is 1. The normalized spacial score (nSPS) is 17.4. The molecule has 146 valence electrons. The zero-order valence-corrected chi connectivity index (χ0v) is 16.4. The monoisotopic (exact) mass is 380 g/mol. The number of rotatable bonds is 5. The Hall–Kier alpha value is -3.07. The van der Waals surface area contributed by atoms with Gasteiger partial charge in [0.2, 0.25) is 5.95 Å². The first-order chi connectivity index (χ1) is 13.6. The van der Waals surface area contributed by atoms with Crippen LogP contribution in [0.3, 0.4) is 0 Å². The lowest BCUT2D eigenvalue weighted by atomic mass is 10.2. The average Bonchev–Trinajstić information content (AvgIpc) is 3.31. The zero-order chi connectivity index (χ0) is 19.7. The maximum absolute atomic E-state index is 5.76. The maximum atomic E-state index is 5.76. The fourth-order valence-corrected chi connectivity index (χ4v) is 3.44. The largest absolute Gasteiger partial charge is 0.376 e. The lowest BCUT2D eigenvalue weighted by Crippen LogP contribution is -2.18. The molecule has 28 heavy (non-hydrogen) atoms. The molecule has 3 aromatic heterocycles. The summed E-state index contributed by atoms with van der Waals surface area (Å²) in [5.41, 5.74) is 4.28. The number of anilines is 2. The van der Waals surface area contributed by atoms with Crippen molar-refractivity contribution in [1.29, 1.82) is 0 Å². The first-order valence-corrected chi connectivity index (χ1v) is 9.31. The molecule has 9 heteroatoms. The van der Waals surface area contributed by atoms with E-state index in [9.17, 15) is 0 Å². The minimum absolute atomic E-state index is 0.194. The number of aryl methyl sites for hydroxylation is 2. The Morgan fingerprint density at radius 3 is 2.96 bits per heavy atom. The van der Waals surface area contributed by atoms with Crippen LogP contribution in [0.1, 0.15) is 24.1 Å². The van der Waals surface area contributed by atoms with Gasteiger partial charge in [0.05, 0.1) is 35.6 Å². The molecule has 3 aromatic rings. The number of aromatic nitrogens is 5. The van der Waals surface area contributed by atoms with E-state index in [4.69, 9.17) is 9.72 Å². The molecule has 1 aliphatic heterocycles. The fraction of sp³-hybridized carbons (Fsp3) is 0.421. The van der Waals surface area contributed by atoms with E-state index in [-0.39, 0.29) is 6.10 Å². The van der Waals surface area contributed by atoms with E-state index in [1.54, 1.807) is 11.7 Å². The molecule has 0 radical (unpaired) electrons. The van der Waals surface area contributed by atoms with Crippen LogP contribution in [0.4, 0.5) is 11.6 Å². The van der Waals surface area contributed by atoms with Gasteiger partial charge >= 0.3 is 0 Å². The van der Waals surface area contributed by atoms with Gasteiger partial charge in [0.25, 0.3) is 0 Å². The molecule has 1 fully saturated rings. The van der Waals surface area contributed by atoms with E-state index < -0.39 is 0 Å². The molecule has 0 amide bonds. The third kappa shape index (κ3) is 3.40. The van der Waals surface area contributed by atoms with Crippen molar-refractivity contribution < 1.29 is 4.74 Å². The van der Waals surface area contributed by atoms with Crippen LogP contribution in [-0.4, -0.2) is 50.9 Å². The second-order valence-corrected chi connectivity index (χ2v) is 6.90. The standard InChI is InChI=1S/C19H24N8O/c1-12-8-17(20-3)26(21-4)11-16(12)23-19-22-9-15-13(2)25-27(18(15)24-19)10-14-6-5-7-28-14/h8-9,11,14H,4-7,10H2,1-3H3,(H,22,23,24). The molecule has 1 saturated heterocycles. The molecular weight excluding hydrogens is 356 g/mol. The van der Waals surface area contributed by atoms with Crippen LogP contribution in [0, 0.1) is 13.8 Å². The molecule has 1 atom stereocenters. The van der Waals surface area contributed by atoms with Gasteiger partial charge in [-0.3, -0.25) is 4.99 Å². The molecule has 4 heterocycles. The summed E-state index contributed by atoms with van der Waals surface area (Å²) in [6.45, 7) is 9.08. The number of fused-ring (bicyclic) bond motifs is 1. The van der Waals surface area contributed by atoms with Gasteiger partial charge in [0.15, 0.2) is 5.65 Å². The second kappa shape index (κ2) is 7.51. The van der Waals surface area contributed by atoms with Crippen molar-refractivity contribution in [1.82, 2.24) is 24.4 Å². The van der Waals surface area contributed by atoms with Crippen LogP contribution >= 0.6 is 0 Å². The van der Waals surface area contributed by atoms with Crippen LogP contribution in [0.2, 0.25) is 0 Å². The molecule has 0 spiro atoms. The predicted molar refractivity (Wildman–Crippen MR) is 108 cm³/mol. The van der Waals surface area contributed by atoms with E-state index in [0.717, 1.165) is 52.9 Å². The highest BCUT2D eigenvalue weighted by molar-refractivity contribution is 5.78. The van der Waals surface area contributed by atoms with Crippen molar-refractivity contribution in [3.8, 4) is 0 Å². The quantitative estimate of drug-likeness (QED) is 0.685. The second-order valence-electron chi connectivity index (χ2n) is 6.90. The topological polar surface area (TPSA) is 94.5 Å². The molecule has 0 bridgehead atoms. The van der Waals surface area contributed by atoms with E-state index >= 15 is 0 Å². The number of hydrogen-bond donors (Lipinski definition) is 1. The van der Waals surface area contributed by atoms with Gasteiger partial charge in [-0.1, -0.05) is 0 Å². The van der Waals surface area contributed by atoms with Crippen LogP contribution < -0.4 is 10.8 Å². The minimum Gasteiger partial charge on any atom is -0.376 e. The van der Waals surface area contributed by atoms with Gasteiger partial charge in [-0.25, -0.2) is 14.3 Å². The molecule has 0 aromatic carbocycles. The van der Waals surface area contributed by atoms with Gasteiger partial charge < -0.3 is 10.1 Å². The smallest absolute Gasteiger partial charge is 0.229 e. The van der Waals surface area contributed by atoms with E-state index in [2.05, 4.69) is 32.2 Å². The van der Waals surface area contributed by atoms with Crippen molar-refractivity contribution >= 4 is 29.4 Å². The summed E-state index contributed by atoms with van der Waals surface area (Å²) in [6, 6.07) is 1.93. The summed E-state index contributed by atoms with van der Waals surface area (Å²) in [6.07, 6.45) is 5.98. The molecule has 0 saturated carbocycles. The van der Waals surface area contributed by atoms with E-state index in [0.29, 0.717) is 12.5 Å². The summed E-state index contributed by atoms with van der Waals surface area (Å²) < 4.78 is 9.29. The van der Waals surface area contributed by atoms with Crippen molar-refractivity contribution in [2.75, 3.05) is 19.0 Å². The number of pyridine rings is 1. The van der Waals surface area contributed by atoms with Crippen LogP contribution in [0.5, 0.6) is 0 Å². The van der Waals surface area contributed by atoms with Crippen LogP contribution in [0.15, 0.2) is 28.6 Å². The van der Waals surface area contributed by atoms with Gasteiger partial charge in [-0.15, -0.1) is 0 Å². The minimum atomic E-state index is 0.194. The summed E-state index contributed by atoms with van der Waals surface area (Å²) in [7, 11) is 1.72. The summed E-state index contributed by atoms with van der Waals surface area (Å²) in [5, 5.41) is 12.8. The predicted octanol–water partition coefficient (Wildman–Crippen LogP) is 2.16. The Bertz CT molecular complexity index is 1090. The van der Waals surface area contributed by atoms with Crippen molar-refractivity contribution in [3.63, 3.8) is 0 Å². The van der Waals surface area contributed by atoms with E-state index in [1.807, 2.05) is 37.0 Å². The third-order valence-corrected chi connectivity index (χ3v) is 4.96. The van der Waals surface area contributed by atoms with Crippen molar-refractivity contribution in [2.24, 2.45) is 10.1 Å². The Labute approximate surface area is 162 Å².